The highest BCUT2D eigenvalue weighted by Crippen LogP contribution is 2.32. The summed E-state index contributed by atoms with van der Waals surface area (Å²) in [7, 11) is 0. The third-order valence-electron chi connectivity index (χ3n) is 1.31. The zero-order valence-electron chi connectivity index (χ0n) is 8.17. The molecule has 0 aromatic carbocycles. The number of nitrogens with zero attached hydrogens (tertiary/aromatic N) is 4. The predicted molar refractivity (Wildman–Crippen MR) is 61.8 cm³/mol. The van der Waals surface area contributed by atoms with E-state index in [1.54, 1.807) is 0 Å². The molecule has 0 fully saturated rings. The second-order valence-corrected chi connectivity index (χ2v) is 6.77. The highest BCUT2D eigenvalue weighted by Gasteiger charge is 2.11. The molecular weight excluding hydrogens is 248 g/mol. The van der Waals surface area contributed by atoms with Crippen molar-refractivity contribution >= 4 is 34.9 Å². The van der Waals surface area contributed by atoms with Crippen molar-refractivity contribution in [3.8, 4) is 12.1 Å². The van der Waals surface area contributed by atoms with Crippen LogP contribution >= 0.6 is 34.9 Å². The van der Waals surface area contributed by atoms with Crippen molar-refractivity contribution in [2.75, 3.05) is 0 Å². The molecule has 15 heavy (non-hydrogen) atoms. The summed E-state index contributed by atoms with van der Waals surface area (Å²) in [4.78, 5) is 0. The van der Waals surface area contributed by atoms with Gasteiger partial charge in [0.05, 0.1) is 22.6 Å². The maximum absolute atomic E-state index is 8.62. The van der Waals surface area contributed by atoms with E-state index >= 15 is 0 Å². The van der Waals surface area contributed by atoms with Crippen molar-refractivity contribution in [3.05, 3.63) is 0 Å². The third-order valence-corrected chi connectivity index (χ3v) is 4.38. The van der Waals surface area contributed by atoms with Gasteiger partial charge in [-0.3, -0.25) is 0 Å². The van der Waals surface area contributed by atoms with Crippen molar-refractivity contribution in [1.29, 1.82) is 10.5 Å². The molecular formula is C8H8N4S3. The van der Waals surface area contributed by atoms with Crippen molar-refractivity contribution in [2.45, 2.75) is 33.0 Å². The molecule has 0 unspecified atom stereocenters. The van der Waals surface area contributed by atoms with Crippen LogP contribution in [0.25, 0.3) is 0 Å². The Morgan fingerprint density at radius 2 is 1.47 bits per heavy atom. The van der Waals surface area contributed by atoms with Crippen LogP contribution < -0.4 is 0 Å². The van der Waals surface area contributed by atoms with Gasteiger partial charge in [0.1, 0.15) is 0 Å². The molecule has 1 aromatic heterocycles. The lowest BCUT2D eigenvalue weighted by Gasteiger charge is -1.95. The minimum atomic E-state index is -0.121. The van der Waals surface area contributed by atoms with Crippen LogP contribution in [0.4, 0.5) is 0 Å². The largest absolute Gasteiger partial charge is 0.197 e. The van der Waals surface area contributed by atoms with Crippen molar-refractivity contribution in [2.24, 2.45) is 0 Å². The quantitative estimate of drug-likeness (QED) is 0.771. The zero-order valence-corrected chi connectivity index (χ0v) is 10.6. The summed E-state index contributed by atoms with van der Waals surface area (Å²) in [6.07, 6.45) is 0. The SMILES string of the molecule is C[C@H](C#N)Sc1nnc(S[C@@H](C)C#N)s1. The average molecular weight is 256 g/mol. The molecule has 0 radical (unpaired) electrons. The Morgan fingerprint density at radius 3 is 1.80 bits per heavy atom. The normalized spacial score (nSPS) is 13.9. The Balaban J connectivity index is 2.58. The summed E-state index contributed by atoms with van der Waals surface area (Å²) >= 11 is 4.20. The fraction of sp³-hybridized carbons (Fsp3) is 0.500. The number of hydrogen-bond acceptors (Lipinski definition) is 7. The van der Waals surface area contributed by atoms with Gasteiger partial charge in [-0.2, -0.15) is 10.5 Å². The van der Waals surface area contributed by atoms with E-state index in [4.69, 9.17) is 10.5 Å². The lowest BCUT2D eigenvalue weighted by molar-refractivity contribution is 0.951. The third kappa shape index (κ3) is 4.08. The van der Waals surface area contributed by atoms with E-state index in [1.165, 1.54) is 34.9 Å². The second kappa shape index (κ2) is 5.96. The van der Waals surface area contributed by atoms with Crippen molar-refractivity contribution in [1.82, 2.24) is 10.2 Å². The second-order valence-electron chi connectivity index (χ2n) is 2.61. The van der Waals surface area contributed by atoms with E-state index in [-0.39, 0.29) is 10.5 Å². The molecule has 0 amide bonds. The molecule has 4 nitrogen and oxygen atoms in total. The summed E-state index contributed by atoms with van der Waals surface area (Å²) in [6, 6.07) is 4.23. The summed E-state index contributed by atoms with van der Waals surface area (Å²) in [5.41, 5.74) is 0. The molecule has 0 bridgehead atoms. The predicted octanol–water partition coefficient (Wildman–Crippen LogP) is 2.55. The molecule has 1 rings (SSSR count). The van der Waals surface area contributed by atoms with Crippen LogP contribution in [0.2, 0.25) is 0 Å². The van der Waals surface area contributed by atoms with Gasteiger partial charge in [-0.1, -0.05) is 34.9 Å². The monoisotopic (exact) mass is 256 g/mol. The number of rotatable bonds is 4. The van der Waals surface area contributed by atoms with Gasteiger partial charge in [0.25, 0.3) is 0 Å². The van der Waals surface area contributed by atoms with E-state index in [1.807, 2.05) is 13.8 Å². The van der Waals surface area contributed by atoms with Gasteiger partial charge in [-0.15, -0.1) is 10.2 Å². The van der Waals surface area contributed by atoms with Gasteiger partial charge < -0.3 is 0 Å². The summed E-state index contributed by atoms with van der Waals surface area (Å²) < 4.78 is 1.55. The van der Waals surface area contributed by atoms with Crippen molar-refractivity contribution < 1.29 is 0 Å². The Morgan fingerprint density at radius 1 is 1.07 bits per heavy atom. The van der Waals surface area contributed by atoms with Crippen LogP contribution in [0.1, 0.15) is 13.8 Å². The minimum absolute atomic E-state index is 0.121. The van der Waals surface area contributed by atoms with E-state index in [9.17, 15) is 0 Å². The van der Waals surface area contributed by atoms with Gasteiger partial charge in [0.15, 0.2) is 8.68 Å². The molecule has 0 spiro atoms. The molecule has 0 N–H and O–H groups in total. The maximum atomic E-state index is 8.62. The Bertz CT molecular complexity index is 366. The standard InChI is InChI=1S/C8H8N4S3/c1-5(3-9)13-7-11-12-8(15-7)14-6(2)4-10/h5-6H,1-2H3/t5-,6+. The number of hydrogen-bond donors (Lipinski definition) is 0. The summed E-state index contributed by atoms with van der Waals surface area (Å²) in [5, 5.41) is 24.9. The fourth-order valence-corrected chi connectivity index (χ4v) is 3.73. The molecule has 0 saturated carbocycles. The molecule has 7 heteroatoms. The van der Waals surface area contributed by atoms with E-state index in [2.05, 4.69) is 22.3 Å². The molecule has 0 aliphatic rings. The molecule has 1 heterocycles. The Labute approximate surface area is 101 Å². The van der Waals surface area contributed by atoms with Crippen LogP contribution in [-0.4, -0.2) is 20.7 Å². The molecule has 0 aliphatic carbocycles. The average Bonchev–Trinajstić information content (AvgIpc) is 2.65. The van der Waals surface area contributed by atoms with E-state index < -0.39 is 0 Å². The first-order valence-corrected chi connectivity index (χ1v) is 6.69. The molecule has 0 aliphatic heterocycles. The van der Waals surface area contributed by atoms with Crippen LogP contribution in [0.15, 0.2) is 8.68 Å². The lowest BCUT2D eigenvalue weighted by Crippen LogP contribution is -1.88. The Kier molecular flexibility index (Phi) is 4.89. The zero-order chi connectivity index (χ0) is 11.3. The maximum Gasteiger partial charge on any atom is 0.176 e. The Hall–Kier alpha value is -0.760. The van der Waals surface area contributed by atoms with Gasteiger partial charge in [-0.05, 0) is 13.8 Å². The first kappa shape index (κ1) is 12.3. The van der Waals surface area contributed by atoms with Crippen LogP contribution in [0, 0.1) is 22.7 Å². The first-order valence-electron chi connectivity index (χ1n) is 4.11. The topological polar surface area (TPSA) is 73.4 Å². The fourth-order valence-electron chi connectivity index (χ4n) is 0.648. The van der Waals surface area contributed by atoms with Crippen LogP contribution in [0.5, 0.6) is 0 Å². The molecule has 78 valence electrons. The molecule has 1 aromatic rings. The van der Waals surface area contributed by atoms with Gasteiger partial charge in [0.2, 0.25) is 0 Å². The van der Waals surface area contributed by atoms with Gasteiger partial charge >= 0.3 is 0 Å². The lowest BCUT2D eigenvalue weighted by atomic mass is 10.5. The number of aromatic nitrogens is 2. The van der Waals surface area contributed by atoms with Gasteiger partial charge in [0, 0.05) is 0 Å². The summed E-state index contributed by atoms with van der Waals surface area (Å²) in [6.45, 7) is 3.63. The number of thioether (sulfide) groups is 2. The number of nitriles is 2. The van der Waals surface area contributed by atoms with Crippen LogP contribution in [-0.2, 0) is 0 Å². The molecule has 2 atom stereocenters. The van der Waals surface area contributed by atoms with Crippen LogP contribution in [0.3, 0.4) is 0 Å². The minimum Gasteiger partial charge on any atom is -0.197 e. The van der Waals surface area contributed by atoms with Crippen molar-refractivity contribution in [3.63, 3.8) is 0 Å². The highest BCUT2D eigenvalue weighted by molar-refractivity contribution is 8.04. The van der Waals surface area contributed by atoms with Gasteiger partial charge in [-0.25, -0.2) is 0 Å². The first-order chi connectivity index (χ1) is 7.15. The molecule has 0 saturated heterocycles. The highest BCUT2D eigenvalue weighted by atomic mass is 32.2. The van der Waals surface area contributed by atoms with E-state index in [0.29, 0.717) is 0 Å². The smallest absolute Gasteiger partial charge is 0.176 e. The van der Waals surface area contributed by atoms with E-state index in [0.717, 1.165) is 8.68 Å². The summed E-state index contributed by atoms with van der Waals surface area (Å²) in [5.74, 6) is 0.